The van der Waals surface area contributed by atoms with E-state index in [2.05, 4.69) is 5.32 Å². The molecule has 1 atom stereocenters. The molecule has 2 aliphatic rings. The normalized spacial score (nSPS) is 24.3. The molecule has 1 saturated heterocycles. The van der Waals surface area contributed by atoms with Crippen molar-refractivity contribution in [2.45, 2.75) is 19.0 Å². The van der Waals surface area contributed by atoms with Gasteiger partial charge in [0.25, 0.3) is 0 Å². The standard InChI is InChI=1S/C13H17NO4S/c15-19(16)7-4-11(9-19)14-8-10-2-1-3-12-13(10)18-6-5-17-12/h1-3,11,14H,4-9H2. The molecule has 1 unspecified atom stereocenters. The lowest BCUT2D eigenvalue weighted by atomic mass is 10.1. The Labute approximate surface area is 112 Å². The number of benzene rings is 1. The van der Waals surface area contributed by atoms with Crippen molar-refractivity contribution < 1.29 is 17.9 Å². The van der Waals surface area contributed by atoms with Gasteiger partial charge >= 0.3 is 0 Å². The first-order valence-corrected chi connectivity index (χ1v) is 8.27. The van der Waals surface area contributed by atoms with E-state index < -0.39 is 9.84 Å². The zero-order valence-electron chi connectivity index (χ0n) is 10.6. The molecule has 0 saturated carbocycles. The zero-order valence-corrected chi connectivity index (χ0v) is 11.4. The molecule has 2 aliphatic heterocycles. The lowest BCUT2D eigenvalue weighted by Gasteiger charge is -2.21. The van der Waals surface area contributed by atoms with Crippen LogP contribution in [0.1, 0.15) is 12.0 Å². The van der Waals surface area contributed by atoms with E-state index in [1.165, 1.54) is 0 Å². The van der Waals surface area contributed by atoms with Gasteiger partial charge in [0.1, 0.15) is 13.2 Å². The van der Waals surface area contributed by atoms with Crippen LogP contribution in [0.2, 0.25) is 0 Å². The molecule has 0 spiro atoms. The van der Waals surface area contributed by atoms with Gasteiger partial charge in [-0.05, 0) is 12.5 Å². The van der Waals surface area contributed by atoms with E-state index in [1.807, 2.05) is 18.2 Å². The highest BCUT2D eigenvalue weighted by Gasteiger charge is 2.27. The maximum Gasteiger partial charge on any atom is 0.165 e. The van der Waals surface area contributed by atoms with Gasteiger partial charge in [-0.2, -0.15) is 0 Å². The van der Waals surface area contributed by atoms with Gasteiger partial charge in [-0.3, -0.25) is 0 Å². The van der Waals surface area contributed by atoms with Gasteiger partial charge in [0.2, 0.25) is 0 Å². The minimum atomic E-state index is -2.84. The van der Waals surface area contributed by atoms with Crippen molar-refractivity contribution in [3.8, 4) is 11.5 Å². The molecule has 0 aliphatic carbocycles. The zero-order chi connectivity index (χ0) is 13.3. The number of nitrogens with one attached hydrogen (secondary N) is 1. The highest BCUT2D eigenvalue weighted by Crippen LogP contribution is 2.33. The van der Waals surface area contributed by atoms with Gasteiger partial charge in [-0.15, -0.1) is 0 Å². The van der Waals surface area contributed by atoms with Crippen LogP contribution >= 0.6 is 0 Å². The van der Waals surface area contributed by atoms with Crippen LogP contribution in [-0.4, -0.2) is 39.2 Å². The Morgan fingerprint density at radius 2 is 2.11 bits per heavy atom. The van der Waals surface area contributed by atoms with Gasteiger partial charge in [-0.1, -0.05) is 12.1 Å². The molecule has 2 heterocycles. The Morgan fingerprint density at radius 3 is 2.89 bits per heavy atom. The quantitative estimate of drug-likeness (QED) is 0.886. The molecule has 1 aromatic rings. The van der Waals surface area contributed by atoms with Gasteiger partial charge in [-0.25, -0.2) is 8.42 Å². The van der Waals surface area contributed by atoms with Crippen LogP contribution in [-0.2, 0) is 16.4 Å². The van der Waals surface area contributed by atoms with Gasteiger partial charge < -0.3 is 14.8 Å². The van der Waals surface area contributed by atoms with Crippen molar-refractivity contribution in [2.75, 3.05) is 24.7 Å². The topological polar surface area (TPSA) is 64.6 Å². The van der Waals surface area contributed by atoms with Gasteiger partial charge in [0, 0.05) is 18.2 Å². The Balaban J connectivity index is 1.67. The van der Waals surface area contributed by atoms with E-state index in [0.717, 1.165) is 17.1 Å². The Bertz CT molecular complexity index is 570. The third-order valence-corrected chi connectivity index (χ3v) is 5.23. The number of ether oxygens (including phenoxy) is 2. The number of para-hydroxylation sites is 1. The molecule has 0 aromatic heterocycles. The minimum absolute atomic E-state index is 0.0466. The second-order valence-electron chi connectivity index (χ2n) is 4.92. The molecule has 1 N–H and O–H groups in total. The highest BCUT2D eigenvalue weighted by molar-refractivity contribution is 7.91. The number of fused-ring (bicyclic) bond motifs is 1. The lowest BCUT2D eigenvalue weighted by Crippen LogP contribution is -2.30. The Morgan fingerprint density at radius 1 is 1.26 bits per heavy atom. The van der Waals surface area contributed by atoms with Crippen LogP contribution in [0.3, 0.4) is 0 Å². The smallest absolute Gasteiger partial charge is 0.165 e. The van der Waals surface area contributed by atoms with Crippen LogP contribution in [0.15, 0.2) is 18.2 Å². The summed E-state index contributed by atoms with van der Waals surface area (Å²) in [7, 11) is -2.84. The Kier molecular flexibility index (Phi) is 3.36. The van der Waals surface area contributed by atoms with Gasteiger partial charge in [0.15, 0.2) is 21.3 Å². The second-order valence-corrected chi connectivity index (χ2v) is 7.15. The second kappa shape index (κ2) is 5.02. The number of rotatable bonds is 3. The summed E-state index contributed by atoms with van der Waals surface area (Å²) in [5.41, 5.74) is 1.02. The van der Waals surface area contributed by atoms with Crippen LogP contribution in [0, 0.1) is 0 Å². The average Bonchev–Trinajstić information content (AvgIpc) is 2.76. The molecule has 1 fully saturated rings. The maximum absolute atomic E-state index is 11.4. The van der Waals surface area contributed by atoms with Crippen LogP contribution < -0.4 is 14.8 Å². The summed E-state index contributed by atoms with van der Waals surface area (Å²) in [6.45, 7) is 1.74. The summed E-state index contributed by atoms with van der Waals surface area (Å²) < 4.78 is 33.9. The molecule has 3 rings (SSSR count). The summed E-state index contributed by atoms with van der Waals surface area (Å²) in [6, 6.07) is 5.84. The third-order valence-electron chi connectivity index (χ3n) is 3.46. The molecule has 5 nitrogen and oxygen atoms in total. The molecule has 0 amide bonds. The van der Waals surface area contributed by atoms with E-state index >= 15 is 0 Å². The number of hydrogen-bond donors (Lipinski definition) is 1. The van der Waals surface area contributed by atoms with E-state index in [4.69, 9.17) is 9.47 Å². The number of sulfone groups is 1. The Hall–Kier alpha value is -1.27. The number of hydrogen-bond acceptors (Lipinski definition) is 5. The SMILES string of the molecule is O=S1(=O)CCC(NCc2cccc3c2OCCO3)C1. The molecular weight excluding hydrogens is 266 g/mol. The van der Waals surface area contributed by atoms with Crippen molar-refractivity contribution >= 4 is 9.84 Å². The third kappa shape index (κ3) is 2.84. The van der Waals surface area contributed by atoms with E-state index in [0.29, 0.717) is 26.2 Å². The molecule has 6 heteroatoms. The first-order valence-electron chi connectivity index (χ1n) is 6.45. The lowest BCUT2D eigenvalue weighted by molar-refractivity contribution is 0.169. The molecule has 104 valence electrons. The van der Waals surface area contributed by atoms with E-state index in [-0.39, 0.29) is 17.5 Å². The first-order chi connectivity index (χ1) is 9.14. The molecule has 1 aromatic carbocycles. The monoisotopic (exact) mass is 283 g/mol. The molecule has 0 bridgehead atoms. The molecular formula is C13H17NO4S. The van der Waals surface area contributed by atoms with E-state index in [1.54, 1.807) is 0 Å². The summed E-state index contributed by atoms with van der Waals surface area (Å²) in [5.74, 6) is 2.07. The van der Waals surface area contributed by atoms with Gasteiger partial charge in [0.05, 0.1) is 11.5 Å². The minimum Gasteiger partial charge on any atom is -0.486 e. The largest absolute Gasteiger partial charge is 0.486 e. The summed E-state index contributed by atoms with van der Waals surface area (Å²) in [4.78, 5) is 0. The van der Waals surface area contributed by atoms with E-state index in [9.17, 15) is 8.42 Å². The fourth-order valence-corrected chi connectivity index (χ4v) is 4.19. The van der Waals surface area contributed by atoms with Crippen molar-refractivity contribution in [1.82, 2.24) is 5.32 Å². The van der Waals surface area contributed by atoms with Crippen molar-refractivity contribution in [3.63, 3.8) is 0 Å². The predicted octanol–water partition coefficient (Wildman–Crippen LogP) is 0.734. The average molecular weight is 283 g/mol. The fraction of sp³-hybridized carbons (Fsp3) is 0.538. The highest BCUT2D eigenvalue weighted by atomic mass is 32.2. The molecule has 0 radical (unpaired) electrons. The summed E-state index contributed by atoms with van der Waals surface area (Å²) in [6.07, 6.45) is 0.689. The van der Waals surface area contributed by atoms with Crippen molar-refractivity contribution in [2.24, 2.45) is 0 Å². The summed E-state index contributed by atoms with van der Waals surface area (Å²) in [5, 5.41) is 3.29. The van der Waals surface area contributed by atoms with Crippen LogP contribution in [0.25, 0.3) is 0 Å². The van der Waals surface area contributed by atoms with Crippen LogP contribution in [0.5, 0.6) is 11.5 Å². The first kappa shape index (κ1) is 12.7. The fourth-order valence-electron chi connectivity index (χ4n) is 2.48. The van der Waals surface area contributed by atoms with Crippen molar-refractivity contribution in [3.05, 3.63) is 23.8 Å². The predicted molar refractivity (Wildman–Crippen MR) is 71.3 cm³/mol. The summed E-state index contributed by atoms with van der Waals surface area (Å²) >= 11 is 0. The maximum atomic E-state index is 11.4. The van der Waals surface area contributed by atoms with Crippen molar-refractivity contribution in [1.29, 1.82) is 0 Å². The molecule has 19 heavy (non-hydrogen) atoms. The van der Waals surface area contributed by atoms with Crippen LogP contribution in [0.4, 0.5) is 0 Å².